The van der Waals surface area contributed by atoms with Crippen molar-refractivity contribution in [2.75, 3.05) is 0 Å². The molecule has 4 nitrogen and oxygen atoms in total. The summed E-state index contributed by atoms with van der Waals surface area (Å²) in [6.45, 7) is 1.65. The standard InChI is InChI=1S/C17H15NO3/c1-17(18-13-19,16(20)15-10-6-3-7-11-15)21-12-14-8-4-2-5-9-14/h2-11H,12H2,1H3/t17-/m1/s1. The number of carbonyl (C=O) groups is 1. The molecular formula is C17H15NO3. The highest BCUT2D eigenvalue weighted by Crippen LogP contribution is 2.21. The molecule has 0 unspecified atom stereocenters. The normalized spacial score (nSPS) is 13.0. The van der Waals surface area contributed by atoms with Crippen LogP contribution in [0.5, 0.6) is 0 Å². The number of hydrogen-bond acceptors (Lipinski definition) is 4. The van der Waals surface area contributed by atoms with Crippen molar-refractivity contribution < 1.29 is 14.3 Å². The van der Waals surface area contributed by atoms with Gasteiger partial charge in [-0.2, -0.15) is 4.99 Å². The zero-order valence-electron chi connectivity index (χ0n) is 11.7. The van der Waals surface area contributed by atoms with Gasteiger partial charge in [0.15, 0.2) is 0 Å². The predicted molar refractivity (Wildman–Crippen MR) is 78.5 cm³/mol. The highest BCUT2D eigenvalue weighted by atomic mass is 16.5. The average molecular weight is 281 g/mol. The topological polar surface area (TPSA) is 55.7 Å². The molecule has 0 fully saturated rings. The summed E-state index contributed by atoms with van der Waals surface area (Å²) in [4.78, 5) is 26.7. The molecule has 0 radical (unpaired) electrons. The van der Waals surface area contributed by atoms with Gasteiger partial charge >= 0.3 is 0 Å². The Kier molecular flexibility index (Phi) is 4.77. The minimum absolute atomic E-state index is 0.182. The third kappa shape index (κ3) is 3.72. The van der Waals surface area contributed by atoms with Crippen LogP contribution in [0.2, 0.25) is 0 Å². The van der Waals surface area contributed by atoms with Crippen molar-refractivity contribution >= 4 is 11.9 Å². The molecule has 2 rings (SSSR count). The van der Waals surface area contributed by atoms with Gasteiger partial charge < -0.3 is 4.74 Å². The van der Waals surface area contributed by atoms with Gasteiger partial charge in [0, 0.05) is 5.56 Å². The Bertz CT molecular complexity index is 648. The first-order valence-corrected chi connectivity index (χ1v) is 6.52. The van der Waals surface area contributed by atoms with Gasteiger partial charge in [0.2, 0.25) is 17.6 Å². The number of Topliss-reactive ketones (excluding diaryl/α,β-unsaturated/α-hetero) is 1. The van der Waals surface area contributed by atoms with Crippen molar-refractivity contribution in [3.63, 3.8) is 0 Å². The maximum atomic E-state index is 12.5. The van der Waals surface area contributed by atoms with E-state index in [4.69, 9.17) is 4.74 Å². The quantitative estimate of drug-likeness (QED) is 0.464. The molecule has 21 heavy (non-hydrogen) atoms. The van der Waals surface area contributed by atoms with E-state index < -0.39 is 5.72 Å². The molecular weight excluding hydrogens is 266 g/mol. The number of hydrogen-bond donors (Lipinski definition) is 0. The molecule has 0 saturated carbocycles. The average Bonchev–Trinajstić information content (AvgIpc) is 2.54. The Morgan fingerprint density at radius 1 is 1.10 bits per heavy atom. The Labute approximate surface area is 123 Å². The lowest BCUT2D eigenvalue weighted by Gasteiger charge is -2.22. The molecule has 0 spiro atoms. The lowest BCUT2D eigenvalue weighted by Crippen LogP contribution is -2.36. The molecule has 4 heteroatoms. The van der Waals surface area contributed by atoms with Gasteiger partial charge in [0.25, 0.3) is 0 Å². The van der Waals surface area contributed by atoms with Crippen LogP contribution >= 0.6 is 0 Å². The second-order valence-corrected chi connectivity index (χ2v) is 4.66. The highest BCUT2D eigenvalue weighted by Gasteiger charge is 2.35. The van der Waals surface area contributed by atoms with Gasteiger partial charge in [0.05, 0.1) is 6.61 Å². The monoisotopic (exact) mass is 281 g/mol. The number of ketones is 1. The molecule has 2 aromatic rings. The van der Waals surface area contributed by atoms with Gasteiger partial charge in [-0.15, -0.1) is 0 Å². The molecule has 2 aromatic carbocycles. The van der Waals surface area contributed by atoms with Crippen molar-refractivity contribution in [1.82, 2.24) is 0 Å². The van der Waals surface area contributed by atoms with Gasteiger partial charge in [-0.05, 0) is 12.5 Å². The molecule has 1 atom stereocenters. The van der Waals surface area contributed by atoms with Gasteiger partial charge in [-0.1, -0.05) is 60.7 Å². The molecule has 0 heterocycles. The van der Waals surface area contributed by atoms with Crippen LogP contribution in [0.3, 0.4) is 0 Å². The van der Waals surface area contributed by atoms with E-state index >= 15 is 0 Å². The van der Waals surface area contributed by atoms with E-state index in [0.29, 0.717) is 5.56 Å². The fourth-order valence-electron chi connectivity index (χ4n) is 1.89. The highest BCUT2D eigenvalue weighted by molar-refractivity contribution is 6.02. The van der Waals surface area contributed by atoms with Crippen LogP contribution in [-0.2, 0) is 16.1 Å². The third-order valence-corrected chi connectivity index (χ3v) is 3.08. The summed E-state index contributed by atoms with van der Waals surface area (Å²) in [5, 5.41) is 0. The van der Waals surface area contributed by atoms with Crippen molar-refractivity contribution in [2.45, 2.75) is 19.3 Å². The molecule has 0 N–H and O–H groups in total. The van der Waals surface area contributed by atoms with E-state index in [1.165, 1.54) is 13.0 Å². The summed E-state index contributed by atoms with van der Waals surface area (Å²) in [6.07, 6.45) is 1.42. The Balaban J connectivity index is 2.20. The third-order valence-electron chi connectivity index (χ3n) is 3.08. The fourth-order valence-corrected chi connectivity index (χ4v) is 1.89. The second kappa shape index (κ2) is 6.75. The number of aliphatic imine (C=N–C) groups is 1. The number of carbonyl (C=O) groups excluding carboxylic acids is 2. The molecule has 0 amide bonds. The number of benzene rings is 2. The minimum atomic E-state index is -1.57. The SMILES string of the molecule is C[C@@](N=C=O)(OCc1ccccc1)C(=O)c1ccccc1. The Morgan fingerprint density at radius 3 is 2.24 bits per heavy atom. The maximum absolute atomic E-state index is 12.5. The second-order valence-electron chi connectivity index (χ2n) is 4.66. The zero-order valence-corrected chi connectivity index (χ0v) is 11.7. The van der Waals surface area contributed by atoms with Crippen LogP contribution < -0.4 is 0 Å². The zero-order chi connectivity index (χ0) is 15.1. The van der Waals surface area contributed by atoms with E-state index in [0.717, 1.165) is 5.56 Å². The number of rotatable bonds is 6. The van der Waals surface area contributed by atoms with E-state index in [9.17, 15) is 9.59 Å². The predicted octanol–water partition coefficient (Wildman–Crippen LogP) is 3.14. The summed E-state index contributed by atoms with van der Waals surface area (Å²) in [6, 6.07) is 18.0. The van der Waals surface area contributed by atoms with E-state index in [1.807, 2.05) is 36.4 Å². The van der Waals surface area contributed by atoms with Gasteiger partial charge in [-0.25, -0.2) is 4.79 Å². The first-order chi connectivity index (χ1) is 10.2. The lowest BCUT2D eigenvalue weighted by molar-refractivity contribution is -0.0191. The molecule has 0 aromatic heterocycles. The summed E-state index contributed by atoms with van der Waals surface area (Å²) in [5.41, 5.74) is -0.239. The van der Waals surface area contributed by atoms with Gasteiger partial charge in [-0.3, -0.25) is 4.79 Å². The van der Waals surface area contributed by atoms with E-state index in [2.05, 4.69) is 4.99 Å². The minimum Gasteiger partial charge on any atom is -0.342 e. The van der Waals surface area contributed by atoms with Crippen LogP contribution in [0.25, 0.3) is 0 Å². The van der Waals surface area contributed by atoms with Crippen LogP contribution in [0, 0.1) is 0 Å². The molecule has 0 bridgehead atoms. The van der Waals surface area contributed by atoms with Crippen molar-refractivity contribution in [1.29, 1.82) is 0 Å². The van der Waals surface area contributed by atoms with Crippen LogP contribution in [0.1, 0.15) is 22.8 Å². The van der Waals surface area contributed by atoms with Crippen molar-refractivity contribution in [3.05, 3.63) is 71.8 Å². The summed E-state index contributed by atoms with van der Waals surface area (Å²) >= 11 is 0. The lowest BCUT2D eigenvalue weighted by atomic mass is 10.0. The first-order valence-electron chi connectivity index (χ1n) is 6.52. The smallest absolute Gasteiger partial charge is 0.238 e. The van der Waals surface area contributed by atoms with Crippen LogP contribution in [0.15, 0.2) is 65.7 Å². The molecule has 0 saturated heterocycles. The van der Waals surface area contributed by atoms with Crippen molar-refractivity contribution in [3.8, 4) is 0 Å². The molecule has 0 aliphatic heterocycles. The largest absolute Gasteiger partial charge is 0.342 e. The van der Waals surface area contributed by atoms with Gasteiger partial charge in [0.1, 0.15) is 0 Å². The summed E-state index contributed by atoms with van der Waals surface area (Å²) in [5.74, 6) is -0.373. The number of ether oxygens (including phenoxy) is 1. The summed E-state index contributed by atoms with van der Waals surface area (Å²) < 4.78 is 5.59. The van der Waals surface area contributed by atoms with Crippen LogP contribution in [0.4, 0.5) is 0 Å². The van der Waals surface area contributed by atoms with Crippen LogP contribution in [-0.4, -0.2) is 17.6 Å². The Morgan fingerprint density at radius 2 is 1.67 bits per heavy atom. The molecule has 0 aliphatic carbocycles. The number of nitrogens with zero attached hydrogens (tertiary/aromatic N) is 1. The summed E-state index contributed by atoms with van der Waals surface area (Å²) in [7, 11) is 0. The molecule has 106 valence electrons. The van der Waals surface area contributed by atoms with E-state index in [1.54, 1.807) is 24.3 Å². The maximum Gasteiger partial charge on any atom is 0.238 e. The first kappa shape index (κ1) is 14.9. The van der Waals surface area contributed by atoms with E-state index in [-0.39, 0.29) is 12.4 Å². The number of isocyanates is 1. The molecule has 0 aliphatic rings. The Hall–Kier alpha value is -2.55. The van der Waals surface area contributed by atoms with Crippen molar-refractivity contribution in [2.24, 2.45) is 4.99 Å². The fraction of sp³-hybridized carbons (Fsp3) is 0.176.